The van der Waals surface area contributed by atoms with Crippen LogP contribution in [0.25, 0.3) is 0 Å². The predicted octanol–water partition coefficient (Wildman–Crippen LogP) is 5.26. The lowest BCUT2D eigenvalue weighted by atomic mass is 10.0. The first kappa shape index (κ1) is 24.1. The lowest BCUT2D eigenvalue weighted by molar-refractivity contribution is -0.139. The summed E-state index contributed by atoms with van der Waals surface area (Å²) in [6.07, 6.45) is 4.68. The van der Waals surface area contributed by atoms with Gasteiger partial charge in [0.25, 0.3) is 5.91 Å². The van der Waals surface area contributed by atoms with E-state index in [4.69, 9.17) is 25.8 Å². The second-order valence-electron chi connectivity index (χ2n) is 8.08. The Labute approximate surface area is 194 Å². The molecule has 1 fully saturated rings. The SMILES string of the molecule is COC(=O)Cc1ccc(Cl)c(NC(=O)c2c(C)cc(OCCC3CCCCO3)cc2C)c1. The van der Waals surface area contributed by atoms with Crippen molar-refractivity contribution in [2.24, 2.45) is 0 Å². The van der Waals surface area contributed by atoms with Crippen LogP contribution in [0.15, 0.2) is 30.3 Å². The number of anilines is 1. The summed E-state index contributed by atoms with van der Waals surface area (Å²) in [5.41, 5.74) is 3.35. The molecule has 0 bridgehead atoms. The molecule has 0 spiro atoms. The molecule has 0 aromatic heterocycles. The Morgan fingerprint density at radius 3 is 2.56 bits per heavy atom. The minimum absolute atomic E-state index is 0.104. The van der Waals surface area contributed by atoms with Gasteiger partial charge in [0.05, 0.1) is 37.0 Å². The number of hydrogen-bond acceptors (Lipinski definition) is 5. The van der Waals surface area contributed by atoms with Crippen LogP contribution in [0.5, 0.6) is 5.75 Å². The fourth-order valence-electron chi connectivity index (χ4n) is 3.91. The highest BCUT2D eigenvalue weighted by molar-refractivity contribution is 6.34. The van der Waals surface area contributed by atoms with Crippen molar-refractivity contribution >= 4 is 29.2 Å². The van der Waals surface area contributed by atoms with Crippen LogP contribution in [-0.4, -0.2) is 38.3 Å². The Morgan fingerprint density at radius 2 is 1.91 bits per heavy atom. The topological polar surface area (TPSA) is 73.9 Å². The average Bonchev–Trinajstić information content (AvgIpc) is 2.76. The van der Waals surface area contributed by atoms with E-state index in [1.165, 1.54) is 13.5 Å². The number of aryl methyl sites for hydroxylation is 2. The number of methoxy groups -OCH3 is 1. The molecule has 2 aromatic carbocycles. The number of halogens is 1. The largest absolute Gasteiger partial charge is 0.493 e. The first-order valence-corrected chi connectivity index (χ1v) is 11.3. The van der Waals surface area contributed by atoms with Crippen LogP contribution in [0.1, 0.15) is 52.7 Å². The Kier molecular flexibility index (Phi) is 8.53. The van der Waals surface area contributed by atoms with Gasteiger partial charge in [0.2, 0.25) is 0 Å². The smallest absolute Gasteiger partial charge is 0.309 e. The van der Waals surface area contributed by atoms with E-state index in [1.54, 1.807) is 18.2 Å². The molecule has 0 saturated carbocycles. The standard InChI is InChI=1S/C25H30ClNO5/c1-16-12-20(32-11-9-19-6-4-5-10-31-19)13-17(2)24(16)25(29)27-22-14-18(7-8-21(22)26)15-23(28)30-3/h7-8,12-14,19H,4-6,9-11,15H2,1-3H3,(H,27,29). The molecule has 1 heterocycles. The van der Waals surface area contributed by atoms with Crippen molar-refractivity contribution in [1.29, 1.82) is 0 Å². The number of nitrogens with one attached hydrogen (secondary N) is 1. The molecule has 2 aromatic rings. The second-order valence-corrected chi connectivity index (χ2v) is 8.49. The van der Waals surface area contributed by atoms with Gasteiger partial charge in [-0.3, -0.25) is 9.59 Å². The quantitative estimate of drug-likeness (QED) is 0.545. The van der Waals surface area contributed by atoms with E-state index in [0.29, 0.717) is 28.4 Å². The van der Waals surface area contributed by atoms with Crippen LogP contribution in [0, 0.1) is 13.8 Å². The molecule has 3 rings (SSSR count). The van der Waals surface area contributed by atoms with Crippen molar-refractivity contribution in [2.45, 2.75) is 52.1 Å². The van der Waals surface area contributed by atoms with Crippen LogP contribution in [0.2, 0.25) is 5.02 Å². The number of ether oxygens (including phenoxy) is 3. The molecular weight excluding hydrogens is 430 g/mol. The van der Waals surface area contributed by atoms with Gasteiger partial charge in [-0.15, -0.1) is 0 Å². The maximum Gasteiger partial charge on any atom is 0.309 e. The van der Waals surface area contributed by atoms with Crippen LogP contribution in [0.3, 0.4) is 0 Å². The molecule has 7 heteroatoms. The molecule has 172 valence electrons. The van der Waals surface area contributed by atoms with Crippen molar-refractivity contribution in [1.82, 2.24) is 0 Å². The van der Waals surface area contributed by atoms with Gasteiger partial charge < -0.3 is 19.5 Å². The Morgan fingerprint density at radius 1 is 1.16 bits per heavy atom. The van der Waals surface area contributed by atoms with E-state index < -0.39 is 0 Å². The van der Waals surface area contributed by atoms with E-state index in [9.17, 15) is 9.59 Å². The number of esters is 1. The minimum Gasteiger partial charge on any atom is -0.493 e. The lowest BCUT2D eigenvalue weighted by Crippen LogP contribution is -2.21. The third-order valence-electron chi connectivity index (χ3n) is 5.57. The highest BCUT2D eigenvalue weighted by Crippen LogP contribution is 2.27. The van der Waals surface area contributed by atoms with Crippen molar-refractivity contribution < 1.29 is 23.8 Å². The number of benzene rings is 2. The number of carbonyl (C=O) groups is 2. The van der Waals surface area contributed by atoms with Crippen LogP contribution >= 0.6 is 11.6 Å². The van der Waals surface area contributed by atoms with Gasteiger partial charge in [-0.05, 0) is 74.1 Å². The predicted molar refractivity (Wildman–Crippen MR) is 125 cm³/mol. The van der Waals surface area contributed by atoms with E-state index >= 15 is 0 Å². The van der Waals surface area contributed by atoms with Gasteiger partial charge in [-0.2, -0.15) is 0 Å². The van der Waals surface area contributed by atoms with Crippen LogP contribution < -0.4 is 10.1 Å². The molecule has 6 nitrogen and oxygen atoms in total. The van der Waals surface area contributed by atoms with Crippen LogP contribution in [0.4, 0.5) is 5.69 Å². The molecule has 1 amide bonds. The third-order valence-corrected chi connectivity index (χ3v) is 5.90. The number of rotatable bonds is 8. The van der Waals surface area contributed by atoms with E-state index in [1.807, 2.05) is 26.0 Å². The highest BCUT2D eigenvalue weighted by atomic mass is 35.5. The van der Waals surface area contributed by atoms with Crippen molar-refractivity contribution in [3.8, 4) is 5.75 Å². The van der Waals surface area contributed by atoms with Gasteiger partial charge in [0, 0.05) is 18.6 Å². The summed E-state index contributed by atoms with van der Waals surface area (Å²) in [6.45, 7) is 5.18. The summed E-state index contributed by atoms with van der Waals surface area (Å²) in [7, 11) is 1.34. The number of hydrogen-bond donors (Lipinski definition) is 1. The Balaban J connectivity index is 1.66. The summed E-state index contributed by atoms with van der Waals surface area (Å²) >= 11 is 6.26. The average molecular weight is 460 g/mol. The molecule has 32 heavy (non-hydrogen) atoms. The summed E-state index contributed by atoms with van der Waals surface area (Å²) in [6, 6.07) is 8.82. The zero-order chi connectivity index (χ0) is 23.1. The minimum atomic E-state index is -0.359. The van der Waals surface area contributed by atoms with Gasteiger partial charge in [0.15, 0.2) is 0 Å². The van der Waals surface area contributed by atoms with E-state index in [0.717, 1.165) is 42.7 Å². The second kappa shape index (κ2) is 11.3. The molecule has 1 saturated heterocycles. The lowest BCUT2D eigenvalue weighted by Gasteiger charge is -2.22. The van der Waals surface area contributed by atoms with Gasteiger partial charge in [-0.1, -0.05) is 17.7 Å². The molecule has 1 atom stereocenters. The van der Waals surface area contributed by atoms with Gasteiger partial charge in [0.1, 0.15) is 5.75 Å². The zero-order valence-corrected chi connectivity index (χ0v) is 19.6. The van der Waals surface area contributed by atoms with Crippen molar-refractivity contribution in [2.75, 3.05) is 25.6 Å². The van der Waals surface area contributed by atoms with E-state index in [2.05, 4.69) is 5.32 Å². The molecule has 1 N–H and O–H groups in total. The molecule has 1 aliphatic heterocycles. The third kappa shape index (κ3) is 6.47. The molecule has 1 aliphatic rings. The number of amides is 1. The summed E-state index contributed by atoms with van der Waals surface area (Å²) in [5.74, 6) is 0.117. The molecule has 0 aliphatic carbocycles. The van der Waals surface area contributed by atoms with Crippen molar-refractivity contribution in [3.63, 3.8) is 0 Å². The number of carbonyl (C=O) groups excluding carboxylic acids is 2. The molecule has 0 radical (unpaired) electrons. The maximum absolute atomic E-state index is 13.0. The summed E-state index contributed by atoms with van der Waals surface area (Å²) in [5, 5.41) is 3.26. The monoisotopic (exact) mass is 459 g/mol. The van der Waals surface area contributed by atoms with Crippen LogP contribution in [-0.2, 0) is 20.7 Å². The fraction of sp³-hybridized carbons (Fsp3) is 0.440. The highest BCUT2D eigenvalue weighted by Gasteiger charge is 2.17. The Hall–Kier alpha value is -2.57. The Bertz CT molecular complexity index is 946. The van der Waals surface area contributed by atoms with Gasteiger partial charge >= 0.3 is 5.97 Å². The molecular formula is C25H30ClNO5. The van der Waals surface area contributed by atoms with Crippen molar-refractivity contribution in [3.05, 3.63) is 57.6 Å². The first-order valence-electron chi connectivity index (χ1n) is 10.9. The van der Waals surface area contributed by atoms with Gasteiger partial charge in [-0.25, -0.2) is 0 Å². The molecule has 1 unspecified atom stereocenters. The fourth-order valence-corrected chi connectivity index (χ4v) is 4.08. The summed E-state index contributed by atoms with van der Waals surface area (Å²) < 4.78 is 16.4. The maximum atomic E-state index is 13.0. The summed E-state index contributed by atoms with van der Waals surface area (Å²) in [4.78, 5) is 24.6. The van der Waals surface area contributed by atoms with E-state index in [-0.39, 0.29) is 24.4 Å². The zero-order valence-electron chi connectivity index (χ0n) is 18.8. The normalized spacial score (nSPS) is 15.8. The first-order chi connectivity index (χ1) is 15.4.